The van der Waals surface area contributed by atoms with Crippen LogP contribution in [-0.2, 0) is 6.42 Å². The summed E-state index contributed by atoms with van der Waals surface area (Å²) in [5, 5.41) is 3.14. The Morgan fingerprint density at radius 1 is 1.13 bits per heavy atom. The molecule has 2 rings (SSSR count). The van der Waals surface area contributed by atoms with E-state index in [9.17, 15) is 0 Å². The van der Waals surface area contributed by atoms with Crippen molar-refractivity contribution in [3.05, 3.63) is 36.7 Å². The number of aryl methyl sites for hydroxylation is 1. The van der Waals surface area contributed by atoms with Crippen LogP contribution in [0.2, 0.25) is 0 Å². The summed E-state index contributed by atoms with van der Waals surface area (Å²) in [6.07, 6.45) is 8.99. The van der Waals surface area contributed by atoms with Crippen molar-refractivity contribution in [2.75, 3.05) is 11.9 Å². The quantitative estimate of drug-likeness (QED) is 0.717. The predicted octanol–water partition coefficient (Wildman–Crippen LogP) is 1.24. The third-order valence-electron chi connectivity index (χ3n) is 1.99. The molecule has 5 nitrogen and oxygen atoms in total. The van der Waals surface area contributed by atoms with Gasteiger partial charge in [-0.3, -0.25) is 0 Å². The van der Waals surface area contributed by atoms with E-state index in [4.69, 9.17) is 0 Å². The van der Waals surface area contributed by atoms with E-state index in [0.29, 0.717) is 5.95 Å². The second-order valence-electron chi connectivity index (χ2n) is 3.14. The van der Waals surface area contributed by atoms with Gasteiger partial charge in [-0.15, -0.1) is 0 Å². The molecule has 2 N–H and O–H groups in total. The molecule has 0 atom stereocenters. The summed E-state index contributed by atoms with van der Waals surface area (Å²) in [6, 6.07) is 1.80. The third-order valence-corrected chi connectivity index (χ3v) is 1.99. The molecule has 0 aliphatic heterocycles. The normalized spacial score (nSPS) is 10.1. The molecule has 0 bridgehead atoms. The van der Waals surface area contributed by atoms with Crippen molar-refractivity contribution in [3.8, 4) is 0 Å². The van der Waals surface area contributed by atoms with Gasteiger partial charge in [-0.25, -0.2) is 15.0 Å². The fourth-order valence-corrected chi connectivity index (χ4v) is 1.28. The Kier molecular flexibility index (Phi) is 3.27. The van der Waals surface area contributed by atoms with Gasteiger partial charge < -0.3 is 10.3 Å². The van der Waals surface area contributed by atoms with E-state index in [2.05, 4.69) is 25.3 Å². The molecule has 0 saturated carbocycles. The van der Waals surface area contributed by atoms with Crippen LogP contribution in [0.15, 0.2) is 30.9 Å². The van der Waals surface area contributed by atoms with Gasteiger partial charge in [-0.05, 0) is 12.5 Å². The van der Waals surface area contributed by atoms with E-state index in [1.807, 2.05) is 6.20 Å². The number of hydrogen-bond donors (Lipinski definition) is 2. The van der Waals surface area contributed by atoms with Gasteiger partial charge in [0.25, 0.3) is 0 Å². The largest absolute Gasteiger partial charge is 0.354 e. The van der Waals surface area contributed by atoms with Gasteiger partial charge in [0.15, 0.2) is 0 Å². The monoisotopic (exact) mass is 203 g/mol. The van der Waals surface area contributed by atoms with Crippen LogP contribution in [0.3, 0.4) is 0 Å². The van der Waals surface area contributed by atoms with Crippen molar-refractivity contribution < 1.29 is 0 Å². The molecule has 2 heterocycles. The number of hydrogen-bond acceptors (Lipinski definition) is 4. The highest BCUT2D eigenvalue weighted by atomic mass is 15.1. The molecule has 0 amide bonds. The van der Waals surface area contributed by atoms with Crippen LogP contribution in [0.4, 0.5) is 5.95 Å². The zero-order chi connectivity index (χ0) is 10.3. The van der Waals surface area contributed by atoms with E-state index in [-0.39, 0.29) is 0 Å². The maximum absolute atomic E-state index is 4.15. The van der Waals surface area contributed by atoms with Crippen molar-refractivity contribution in [1.29, 1.82) is 0 Å². The van der Waals surface area contributed by atoms with Crippen molar-refractivity contribution >= 4 is 5.95 Å². The Balaban J connectivity index is 1.68. The van der Waals surface area contributed by atoms with Gasteiger partial charge in [-0.1, -0.05) is 0 Å². The van der Waals surface area contributed by atoms with Crippen molar-refractivity contribution in [2.24, 2.45) is 0 Å². The first-order valence-corrected chi connectivity index (χ1v) is 4.94. The van der Waals surface area contributed by atoms with Gasteiger partial charge in [-0.2, -0.15) is 0 Å². The lowest BCUT2D eigenvalue weighted by Gasteiger charge is -2.02. The fraction of sp³-hybridized carbons (Fsp3) is 0.300. The lowest BCUT2D eigenvalue weighted by Crippen LogP contribution is -2.06. The molecule has 5 heteroatoms. The Labute approximate surface area is 88.0 Å². The van der Waals surface area contributed by atoms with Crippen LogP contribution >= 0.6 is 0 Å². The van der Waals surface area contributed by atoms with Crippen LogP contribution in [-0.4, -0.2) is 26.5 Å². The van der Waals surface area contributed by atoms with Gasteiger partial charge in [0.1, 0.15) is 5.82 Å². The highest BCUT2D eigenvalue weighted by Gasteiger charge is 1.95. The van der Waals surface area contributed by atoms with Crippen LogP contribution in [0.5, 0.6) is 0 Å². The molecule has 0 aliphatic rings. The molecular weight excluding hydrogens is 190 g/mol. The SMILES string of the molecule is c1cnc(NCCCc2ncc[nH]2)nc1. The van der Waals surface area contributed by atoms with E-state index >= 15 is 0 Å². The van der Waals surface area contributed by atoms with E-state index in [1.54, 1.807) is 24.7 Å². The van der Waals surface area contributed by atoms with Crippen LogP contribution < -0.4 is 5.32 Å². The van der Waals surface area contributed by atoms with Gasteiger partial charge in [0, 0.05) is 37.8 Å². The lowest BCUT2D eigenvalue weighted by molar-refractivity contribution is 0.810. The molecule has 0 radical (unpaired) electrons. The molecule has 0 aromatic carbocycles. The molecule has 0 spiro atoms. The maximum atomic E-state index is 4.15. The van der Waals surface area contributed by atoms with Crippen molar-refractivity contribution in [3.63, 3.8) is 0 Å². The summed E-state index contributed by atoms with van der Waals surface area (Å²) in [6.45, 7) is 0.852. The first-order chi connectivity index (χ1) is 7.45. The zero-order valence-electron chi connectivity index (χ0n) is 8.35. The second kappa shape index (κ2) is 5.09. The molecule has 0 fully saturated rings. The molecule has 2 aromatic rings. The van der Waals surface area contributed by atoms with E-state index < -0.39 is 0 Å². The van der Waals surface area contributed by atoms with E-state index in [0.717, 1.165) is 25.2 Å². The first kappa shape index (κ1) is 9.64. The van der Waals surface area contributed by atoms with Crippen molar-refractivity contribution in [2.45, 2.75) is 12.8 Å². The smallest absolute Gasteiger partial charge is 0.222 e. The van der Waals surface area contributed by atoms with Crippen LogP contribution in [0.25, 0.3) is 0 Å². The Hall–Kier alpha value is -1.91. The lowest BCUT2D eigenvalue weighted by atomic mass is 10.3. The predicted molar refractivity (Wildman–Crippen MR) is 57.4 cm³/mol. The summed E-state index contributed by atoms with van der Waals surface area (Å²) >= 11 is 0. The minimum absolute atomic E-state index is 0.678. The molecule has 0 unspecified atom stereocenters. The third kappa shape index (κ3) is 3.05. The molecule has 15 heavy (non-hydrogen) atoms. The average Bonchev–Trinajstić information content (AvgIpc) is 2.79. The average molecular weight is 203 g/mol. The van der Waals surface area contributed by atoms with Crippen LogP contribution in [0, 0.1) is 0 Å². The summed E-state index contributed by atoms with van der Waals surface area (Å²) in [7, 11) is 0. The molecular formula is C10H13N5. The highest BCUT2D eigenvalue weighted by molar-refractivity contribution is 5.21. The Morgan fingerprint density at radius 3 is 2.73 bits per heavy atom. The standard InChI is InChI=1S/C10H13N5/c1(3-9-11-7-8-12-9)4-13-10-14-5-2-6-15-10/h2,5-8H,1,3-4H2,(H,11,12)(H,13,14,15). The Bertz CT molecular complexity index is 370. The first-order valence-electron chi connectivity index (χ1n) is 4.94. The number of aromatic amines is 1. The summed E-state index contributed by atoms with van der Waals surface area (Å²) in [5.74, 6) is 1.70. The van der Waals surface area contributed by atoms with Gasteiger partial charge >= 0.3 is 0 Å². The van der Waals surface area contributed by atoms with Gasteiger partial charge in [0.05, 0.1) is 0 Å². The molecule has 0 aliphatic carbocycles. The second-order valence-corrected chi connectivity index (χ2v) is 3.14. The zero-order valence-corrected chi connectivity index (χ0v) is 8.35. The van der Waals surface area contributed by atoms with Gasteiger partial charge in [0.2, 0.25) is 5.95 Å². The Morgan fingerprint density at radius 2 is 2.00 bits per heavy atom. The molecule has 78 valence electrons. The number of anilines is 1. The van der Waals surface area contributed by atoms with Crippen LogP contribution in [0.1, 0.15) is 12.2 Å². The topological polar surface area (TPSA) is 66.5 Å². The molecule has 2 aromatic heterocycles. The number of H-pyrrole nitrogens is 1. The number of nitrogens with one attached hydrogen (secondary N) is 2. The fourth-order valence-electron chi connectivity index (χ4n) is 1.28. The summed E-state index contributed by atoms with van der Waals surface area (Å²) in [4.78, 5) is 15.3. The summed E-state index contributed by atoms with van der Waals surface area (Å²) < 4.78 is 0. The number of nitrogens with zero attached hydrogens (tertiary/aromatic N) is 3. The highest BCUT2D eigenvalue weighted by Crippen LogP contribution is 1.97. The minimum atomic E-state index is 0.678. The number of aromatic nitrogens is 4. The minimum Gasteiger partial charge on any atom is -0.354 e. The number of imidazole rings is 1. The summed E-state index contributed by atoms with van der Waals surface area (Å²) in [5.41, 5.74) is 0. The number of rotatable bonds is 5. The van der Waals surface area contributed by atoms with Crippen molar-refractivity contribution in [1.82, 2.24) is 19.9 Å². The maximum Gasteiger partial charge on any atom is 0.222 e. The molecule has 0 saturated heterocycles. The van der Waals surface area contributed by atoms with E-state index in [1.165, 1.54) is 0 Å².